The zero-order valence-corrected chi connectivity index (χ0v) is 10.8. The van der Waals surface area contributed by atoms with E-state index in [0.717, 1.165) is 0 Å². The predicted molar refractivity (Wildman–Crippen MR) is 68.2 cm³/mol. The Bertz CT molecular complexity index is 565. The molecule has 0 aliphatic carbocycles. The van der Waals surface area contributed by atoms with Gasteiger partial charge in [-0.3, -0.25) is 9.69 Å². The number of halogens is 1. The molecule has 2 heterocycles. The van der Waals surface area contributed by atoms with E-state index in [2.05, 4.69) is 26.8 Å². The van der Waals surface area contributed by atoms with Gasteiger partial charge in [0.15, 0.2) is 0 Å². The van der Waals surface area contributed by atoms with E-state index in [1.54, 1.807) is 0 Å². The van der Waals surface area contributed by atoms with Crippen LogP contribution < -0.4 is 4.90 Å². The molecule has 2 rings (SSSR count). The lowest BCUT2D eigenvalue weighted by Gasteiger charge is -2.16. The quantitative estimate of drug-likeness (QED) is 0.841. The van der Waals surface area contributed by atoms with Crippen molar-refractivity contribution >= 4 is 33.6 Å². The zero-order valence-electron chi connectivity index (χ0n) is 9.26. The van der Waals surface area contributed by atoms with E-state index in [1.807, 2.05) is 0 Å². The maximum absolute atomic E-state index is 11.8. The van der Waals surface area contributed by atoms with Crippen LogP contribution in [-0.4, -0.2) is 28.5 Å². The minimum atomic E-state index is -1.13. The van der Waals surface area contributed by atoms with Crippen molar-refractivity contribution in [1.82, 2.24) is 4.98 Å². The van der Waals surface area contributed by atoms with Crippen LogP contribution in [0.25, 0.3) is 0 Å². The highest BCUT2D eigenvalue weighted by Gasteiger charge is 2.32. The number of carboxylic acids is 1. The fraction of sp³-hybridized carbons (Fsp3) is 0.250. The number of pyridine rings is 1. The molecular weight excluding hydrogens is 300 g/mol. The molecule has 1 aliphatic heterocycles. The first-order valence-corrected chi connectivity index (χ1v) is 5.97. The van der Waals surface area contributed by atoms with Gasteiger partial charge in [-0.05, 0) is 22.0 Å². The van der Waals surface area contributed by atoms with Crippen LogP contribution >= 0.6 is 15.9 Å². The Hall–Kier alpha value is -1.87. The Morgan fingerprint density at radius 2 is 2.39 bits per heavy atom. The largest absolute Gasteiger partial charge is 0.478 e. The van der Waals surface area contributed by atoms with Gasteiger partial charge in [0.05, 0.1) is 0 Å². The third-order valence-electron chi connectivity index (χ3n) is 2.68. The zero-order chi connectivity index (χ0) is 13.3. The second kappa shape index (κ2) is 4.78. The van der Waals surface area contributed by atoms with Gasteiger partial charge in [0.25, 0.3) is 0 Å². The first-order chi connectivity index (χ1) is 8.52. The minimum Gasteiger partial charge on any atom is -0.478 e. The molecule has 92 valence electrons. The van der Waals surface area contributed by atoms with Crippen LogP contribution in [0.5, 0.6) is 0 Å². The second-order valence-electron chi connectivity index (χ2n) is 3.90. The summed E-state index contributed by atoms with van der Waals surface area (Å²) in [5.74, 6) is 1.14. The summed E-state index contributed by atoms with van der Waals surface area (Å²) in [4.78, 5) is 28.3. The summed E-state index contributed by atoms with van der Waals surface area (Å²) in [5.41, 5.74) is -0.0182. The van der Waals surface area contributed by atoms with Gasteiger partial charge in [-0.25, -0.2) is 9.78 Å². The maximum atomic E-state index is 11.8. The number of hydrogen-bond acceptors (Lipinski definition) is 3. The number of terminal acetylenes is 1. The SMILES string of the molecule is C#CC1CC(=O)N(c2ncc(Br)cc2C(=O)O)C1. The van der Waals surface area contributed by atoms with Crippen LogP contribution in [-0.2, 0) is 4.79 Å². The molecule has 1 fully saturated rings. The predicted octanol–water partition coefficient (Wildman–Crippen LogP) is 1.53. The summed E-state index contributed by atoms with van der Waals surface area (Å²) >= 11 is 3.15. The Morgan fingerprint density at radius 1 is 1.67 bits per heavy atom. The lowest BCUT2D eigenvalue weighted by atomic mass is 10.1. The normalized spacial score (nSPS) is 18.8. The third kappa shape index (κ3) is 2.22. The van der Waals surface area contributed by atoms with Crippen molar-refractivity contribution in [3.63, 3.8) is 0 Å². The summed E-state index contributed by atoms with van der Waals surface area (Å²) in [7, 11) is 0. The number of aromatic carboxylic acids is 1. The number of hydrogen-bond donors (Lipinski definition) is 1. The monoisotopic (exact) mass is 308 g/mol. The van der Waals surface area contributed by atoms with E-state index in [-0.39, 0.29) is 29.6 Å². The number of amides is 1. The van der Waals surface area contributed by atoms with Crippen molar-refractivity contribution in [3.05, 3.63) is 22.3 Å². The smallest absolute Gasteiger partial charge is 0.339 e. The van der Waals surface area contributed by atoms with Gasteiger partial charge in [0.2, 0.25) is 5.91 Å². The number of carbonyl (C=O) groups excluding carboxylic acids is 1. The van der Waals surface area contributed by atoms with Crippen LogP contribution in [0.15, 0.2) is 16.7 Å². The maximum Gasteiger partial charge on any atom is 0.339 e. The molecule has 6 heteroatoms. The third-order valence-corrected chi connectivity index (χ3v) is 3.11. The highest BCUT2D eigenvalue weighted by atomic mass is 79.9. The lowest BCUT2D eigenvalue weighted by molar-refractivity contribution is -0.117. The van der Waals surface area contributed by atoms with Crippen molar-refractivity contribution in [2.45, 2.75) is 6.42 Å². The van der Waals surface area contributed by atoms with Crippen molar-refractivity contribution in [2.24, 2.45) is 5.92 Å². The summed E-state index contributed by atoms with van der Waals surface area (Å²) in [6.45, 7) is 0.310. The van der Waals surface area contributed by atoms with Crippen molar-refractivity contribution < 1.29 is 14.7 Å². The van der Waals surface area contributed by atoms with Crippen molar-refractivity contribution in [1.29, 1.82) is 0 Å². The number of carbonyl (C=O) groups is 2. The molecule has 0 radical (unpaired) electrons. The molecule has 18 heavy (non-hydrogen) atoms. The molecule has 0 saturated carbocycles. The van der Waals surface area contributed by atoms with E-state index in [1.165, 1.54) is 17.2 Å². The molecule has 1 amide bonds. The summed E-state index contributed by atoms with van der Waals surface area (Å²) in [6, 6.07) is 1.42. The van der Waals surface area contributed by atoms with Crippen molar-refractivity contribution in [2.75, 3.05) is 11.4 Å². The van der Waals surface area contributed by atoms with Crippen LogP contribution in [0.2, 0.25) is 0 Å². The fourth-order valence-corrected chi connectivity index (χ4v) is 2.16. The van der Waals surface area contributed by atoms with Gasteiger partial charge in [0, 0.05) is 29.6 Å². The molecule has 1 saturated heterocycles. The summed E-state index contributed by atoms with van der Waals surface area (Å²) in [5, 5.41) is 9.12. The second-order valence-corrected chi connectivity index (χ2v) is 4.82. The topological polar surface area (TPSA) is 70.5 Å². The van der Waals surface area contributed by atoms with Gasteiger partial charge in [-0.2, -0.15) is 0 Å². The molecule has 5 nitrogen and oxygen atoms in total. The van der Waals surface area contributed by atoms with E-state index in [9.17, 15) is 9.59 Å². The number of nitrogens with zero attached hydrogens (tertiary/aromatic N) is 2. The van der Waals surface area contributed by atoms with Crippen LogP contribution in [0, 0.1) is 18.3 Å². The Balaban J connectivity index is 2.43. The molecule has 1 aromatic heterocycles. The standard InChI is InChI=1S/C12H9BrN2O3/c1-2-7-3-10(16)15(6-7)11-9(12(17)18)4-8(13)5-14-11/h1,4-5,7H,3,6H2,(H,17,18). The number of rotatable bonds is 2. The molecule has 1 aliphatic rings. The minimum absolute atomic E-state index is 0.0182. The van der Waals surface area contributed by atoms with E-state index >= 15 is 0 Å². The lowest BCUT2D eigenvalue weighted by Crippen LogP contribution is -2.27. The Morgan fingerprint density at radius 3 is 2.94 bits per heavy atom. The number of aromatic nitrogens is 1. The molecule has 1 atom stereocenters. The van der Waals surface area contributed by atoms with Crippen LogP contribution in [0.3, 0.4) is 0 Å². The fourth-order valence-electron chi connectivity index (χ4n) is 1.83. The Labute approximate surface area is 112 Å². The van der Waals surface area contributed by atoms with Gasteiger partial charge < -0.3 is 5.11 Å². The highest BCUT2D eigenvalue weighted by molar-refractivity contribution is 9.10. The van der Waals surface area contributed by atoms with E-state index in [4.69, 9.17) is 11.5 Å². The summed E-state index contributed by atoms with van der Waals surface area (Å²) < 4.78 is 0.545. The number of carboxylic acid groups (broad SMARTS) is 1. The van der Waals surface area contributed by atoms with Gasteiger partial charge in [-0.15, -0.1) is 12.3 Å². The van der Waals surface area contributed by atoms with Crippen LogP contribution in [0.4, 0.5) is 5.82 Å². The van der Waals surface area contributed by atoms with Gasteiger partial charge in [-0.1, -0.05) is 0 Å². The van der Waals surface area contributed by atoms with E-state index < -0.39 is 5.97 Å². The molecule has 0 aromatic carbocycles. The first-order valence-electron chi connectivity index (χ1n) is 5.18. The molecule has 0 bridgehead atoms. The molecular formula is C12H9BrN2O3. The highest BCUT2D eigenvalue weighted by Crippen LogP contribution is 2.27. The first kappa shape index (κ1) is 12.6. The number of anilines is 1. The van der Waals surface area contributed by atoms with Crippen LogP contribution in [0.1, 0.15) is 16.8 Å². The molecule has 1 N–H and O–H groups in total. The average Bonchev–Trinajstić information content (AvgIpc) is 2.70. The Kier molecular flexibility index (Phi) is 3.34. The summed E-state index contributed by atoms with van der Waals surface area (Å²) in [6.07, 6.45) is 6.97. The van der Waals surface area contributed by atoms with Gasteiger partial charge >= 0.3 is 5.97 Å². The molecule has 0 spiro atoms. The average molecular weight is 309 g/mol. The molecule has 1 aromatic rings. The van der Waals surface area contributed by atoms with Gasteiger partial charge in [0.1, 0.15) is 11.4 Å². The molecule has 1 unspecified atom stereocenters. The van der Waals surface area contributed by atoms with E-state index in [0.29, 0.717) is 11.0 Å². The van der Waals surface area contributed by atoms with Crippen molar-refractivity contribution in [3.8, 4) is 12.3 Å².